The van der Waals surface area contributed by atoms with Crippen LogP contribution >= 0.6 is 0 Å². The largest absolute Gasteiger partial charge is 0.463 e. The van der Waals surface area contributed by atoms with Gasteiger partial charge in [0, 0.05) is 20.0 Å². The molecule has 0 atom stereocenters. The van der Waals surface area contributed by atoms with E-state index in [1.807, 2.05) is 20.8 Å². The van der Waals surface area contributed by atoms with E-state index in [0.29, 0.717) is 172 Å². The Labute approximate surface area is 406 Å². The maximum absolute atomic E-state index is 11.9. The zero-order valence-electron chi connectivity index (χ0n) is 43.2. The van der Waals surface area contributed by atoms with Crippen molar-refractivity contribution in [1.82, 2.24) is 4.90 Å². The van der Waals surface area contributed by atoms with E-state index in [4.69, 9.17) is 66.3 Å². The van der Waals surface area contributed by atoms with E-state index in [1.54, 1.807) is 7.05 Å². The van der Waals surface area contributed by atoms with Crippen LogP contribution in [0.1, 0.15) is 130 Å². The minimum atomic E-state index is -0.515. The summed E-state index contributed by atoms with van der Waals surface area (Å²) >= 11 is 0. The number of unbranched alkanes of at least 4 members (excludes halogenated alkanes) is 14. The summed E-state index contributed by atoms with van der Waals surface area (Å²) in [6.07, 6.45) is 19.8. The van der Waals surface area contributed by atoms with Gasteiger partial charge in [0.05, 0.1) is 159 Å². The summed E-state index contributed by atoms with van der Waals surface area (Å²) < 4.78 is 76.6. The molecule has 400 valence electrons. The molecule has 0 bridgehead atoms. The number of carbonyl (C=O) groups is 2. The summed E-state index contributed by atoms with van der Waals surface area (Å²) in [5.41, 5.74) is -0.515. The predicted molar refractivity (Wildman–Crippen MR) is 259 cm³/mol. The Morgan fingerprint density at radius 3 is 0.851 bits per heavy atom. The summed E-state index contributed by atoms with van der Waals surface area (Å²) in [6.45, 7) is 19.8. The van der Waals surface area contributed by atoms with Gasteiger partial charge in [0.2, 0.25) is 0 Å². The monoisotopic (exact) mass is 970 g/mol. The van der Waals surface area contributed by atoms with Crippen molar-refractivity contribution in [2.75, 3.05) is 179 Å². The molecule has 17 nitrogen and oxygen atoms in total. The average molecular weight is 970 g/mol. The highest BCUT2D eigenvalue weighted by Crippen LogP contribution is 2.14. The lowest BCUT2D eigenvalue weighted by Crippen LogP contribution is -2.36. The molecule has 1 amide bonds. The molecule has 0 saturated carbocycles. The first-order chi connectivity index (χ1) is 32.8. The number of esters is 1. The second-order valence-corrected chi connectivity index (χ2v) is 17.2. The molecule has 0 rings (SSSR count). The second kappa shape index (κ2) is 53.6. The van der Waals surface area contributed by atoms with Gasteiger partial charge in [0.25, 0.3) is 0 Å². The zero-order chi connectivity index (χ0) is 48.8. The third-order valence-electron chi connectivity index (χ3n) is 9.84. The number of rotatable bonds is 55. The molecule has 0 fully saturated rings. The standard InChI is InChI=1S/C50H99NO16/c1-6-7-8-9-10-11-12-13-14-15-16-17-18-19-20-21-48(52)66-47-46-65-45-44-64-43-42-63-41-40-62-39-38-61-37-36-60-35-34-59-33-32-58-31-30-57-29-28-56-27-26-55-25-24-54-23-22-51(5)49(53)67-50(2,3)4/h6-47H2,1-5H3. The molecule has 67 heavy (non-hydrogen) atoms. The van der Waals surface area contributed by atoms with Gasteiger partial charge < -0.3 is 71.2 Å². The van der Waals surface area contributed by atoms with Crippen LogP contribution in [0.25, 0.3) is 0 Å². The highest BCUT2D eigenvalue weighted by atomic mass is 16.6. The van der Waals surface area contributed by atoms with Gasteiger partial charge in [-0.2, -0.15) is 0 Å². The number of amides is 1. The van der Waals surface area contributed by atoms with Crippen LogP contribution in [0.5, 0.6) is 0 Å². The van der Waals surface area contributed by atoms with Crippen molar-refractivity contribution in [3.8, 4) is 0 Å². The Hall–Kier alpha value is -1.74. The lowest BCUT2D eigenvalue weighted by Gasteiger charge is -2.24. The van der Waals surface area contributed by atoms with E-state index in [9.17, 15) is 9.59 Å². The van der Waals surface area contributed by atoms with Gasteiger partial charge in [-0.1, -0.05) is 96.8 Å². The minimum absolute atomic E-state index is 0.135. The first-order valence-corrected chi connectivity index (χ1v) is 25.8. The van der Waals surface area contributed by atoms with Gasteiger partial charge in [-0.05, 0) is 27.2 Å². The van der Waals surface area contributed by atoms with Crippen LogP contribution in [0.2, 0.25) is 0 Å². The molecular weight excluding hydrogens is 871 g/mol. The molecule has 0 aromatic heterocycles. The van der Waals surface area contributed by atoms with Crippen LogP contribution in [0, 0.1) is 0 Å². The summed E-state index contributed by atoms with van der Waals surface area (Å²) in [5, 5.41) is 0. The third kappa shape index (κ3) is 56.7. The molecule has 0 unspecified atom stereocenters. The molecular formula is C50H99NO16. The molecule has 0 aromatic rings. The number of ether oxygens (including phenoxy) is 14. The number of hydrogen-bond donors (Lipinski definition) is 0. The van der Waals surface area contributed by atoms with Crippen LogP contribution < -0.4 is 0 Å². The van der Waals surface area contributed by atoms with Crippen molar-refractivity contribution >= 4 is 12.1 Å². The molecule has 0 aliphatic carbocycles. The van der Waals surface area contributed by atoms with Crippen LogP contribution in [-0.2, 0) is 71.1 Å². The van der Waals surface area contributed by atoms with Crippen molar-refractivity contribution in [3.63, 3.8) is 0 Å². The van der Waals surface area contributed by atoms with Crippen molar-refractivity contribution in [2.45, 2.75) is 136 Å². The van der Waals surface area contributed by atoms with Crippen molar-refractivity contribution in [2.24, 2.45) is 0 Å². The molecule has 0 aliphatic rings. The van der Waals surface area contributed by atoms with Crippen LogP contribution in [-0.4, -0.2) is 201 Å². The van der Waals surface area contributed by atoms with Crippen LogP contribution in [0.15, 0.2) is 0 Å². The SMILES string of the molecule is CCCCCCCCCCCCCCCCCC(=O)OCCOCCOCCOCCOCCOCCOCCOCCOCCOCCOCCOCCOCCN(C)C(=O)OC(C)(C)C. The summed E-state index contributed by atoms with van der Waals surface area (Å²) in [6, 6.07) is 0. The molecule has 17 heteroatoms. The fourth-order valence-electron chi connectivity index (χ4n) is 6.08. The molecule has 0 radical (unpaired) electrons. The quantitative estimate of drug-likeness (QED) is 0.0427. The van der Waals surface area contributed by atoms with E-state index in [0.717, 1.165) is 12.8 Å². The van der Waals surface area contributed by atoms with Crippen molar-refractivity contribution < 1.29 is 75.9 Å². The second-order valence-electron chi connectivity index (χ2n) is 17.2. The fraction of sp³-hybridized carbons (Fsp3) is 0.960. The highest BCUT2D eigenvalue weighted by Gasteiger charge is 2.19. The Bertz CT molecular complexity index is 1010. The van der Waals surface area contributed by atoms with Crippen molar-refractivity contribution in [3.05, 3.63) is 0 Å². The Morgan fingerprint density at radius 1 is 0.343 bits per heavy atom. The molecule has 0 spiro atoms. The van der Waals surface area contributed by atoms with Gasteiger partial charge in [-0.15, -0.1) is 0 Å². The Kier molecular flexibility index (Phi) is 52.2. The molecule has 0 N–H and O–H groups in total. The predicted octanol–water partition coefficient (Wildman–Crippen LogP) is 7.86. The Morgan fingerprint density at radius 2 is 0.582 bits per heavy atom. The summed E-state index contributed by atoms with van der Waals surface area (Å²) in [7, 11) is 1.68. The first kappa shape index (κ1) is 65.3. The van der Waals surface area contributed by atoms with E-state index >= 15 is 0 Å². The van der Waals surface area contributed by atoms with Crippen LogP contribution in [0.3, 0.4) is 0 Å². The van der Waals surface area contributed by atoms with Crippen LogP contribution in [0.4, 0.5) is 4.79 Å². The van der Waals surface area contributed by atoms with E-state index < -0.39 is 5.60 Å². The average Bonchev–Trinajstić information content (AvgIpc) is 3.30. The first-order valence-electron chi connectivity index (χ1n) is 25.8. The van der Waals surface area contributed by atoms with E-state index in [2.05, 4.69) is 6.92 Å². The van der Waals surface area contributed by atoms with Gasteiger partial charge in [0.1, 0.15) is 12.2 Å². The number of nitrogens with zero attached hydrogens (tertiary/aromatic N) is 1. The highest BCUT2D eigenvalue weighted by molar-refractivity contribution is 5.69. The van der Waals surface area contributed by atoms with Gasteiger partial charge in [-0.3, -0.25) is 4.79 Å². The maximum Gasteiger partial charge on any atom is 0.410 e. The molecule has 0 heterocycles. The number of carbonyl (C=O) groups excluding carboxylic acids is 2. The number of likely N-dealkylation sites (N-methyl/N-ethyl adjacent to an activating group) is 1. The lowest BCUT2D eigenvalue weighted by atomic mass is 10.0. The molecule has 0 aromatic carbocycles. The molecule has 0 saturated heterocycles. The summed E-state index contributed by atoms with van der Waals surface area (Å²) in [4.78, 5) is 25.3. The minimum Gasteiger partial charge on any atom is -0.463 e. The van der Waals surface area contributed by atoms with Gasteiger partial charge in [0.15, 0.2) is 0 Å². The summed E-state index contributed by atoms with van der Waals surface area (Å²) in [5.74, 6) is -0.135. The maximum atomic E-state index is 11.9. The van der Waals surface area contributed by atoms with Gasteiger partial charge >= 0.3 is 12.1 Å². The van der Waals surface area contributed by atoms with Crippen molar-refractivity contribution in [1.29, 1.82) is 0 Å². The van der Waals surface area contributed by atoms with Gasteiger partial charge in [-0.25, -0.2) is 4.79 Å². The van der Waals surface area contributed by atoms with E-state index in [1.165, 1.54) is 88.4 Å². The zero-order valence-corrected chi connectivity index (χ0v) is 43.2. The number of hydrogen-bond acceptors (Lipinski definition) is 16. The normalized spacial score (nSPS) is 11.7. The lowest BCUT2D eigenvalue weighted by molar-refractivity contribution is -0.145. The third-order valence-corrected chi connectivity index (χ3v) is 9.84. The van der Waals surface area contributed by atoms with E-state index in [-0.39, 0.29) is 18.7 Å². The Balaban J connectivity index is 3.17. The topological polar surface area (TPSA) is 167 Å². The fourth-order valence-corrected chi connectivity index (χ4v) is 6.08. The molecule has 0 aliphatic heterocycles. The smallest absolute Gasteiger partial charge is 0.410 e.